The van der Waals surface area contributed by atoms with E-state index in [2.05, 4.69) is 193 Å². The van der Waals surface area contributed by atoms with Crippen LogP contribution in [-0.4, -0.2) is 4.57 Å². The highest BCUT2D eigenvalue weighted by molar-refractivity contribution is 8.00. The number of hydrogen-bond donors (Lipinski definition) is 0. The zero-order valence-electron chi connectivity index (χ0n) is 28.2. The molecule has 0 amide bonds. The Labute approximate surface area is 311 Å². The molecule has 1 atom stereocenters. The van der Waals surface area contributed by atoms with Gasteiger partial charge in [0.05, 0.1) is 16.4 Å². The highest BCUT2D eigenvalue weighted by Gasteiger charge is 2.50. The van der Waals surface area contributed by atoms with Gasteiger partial charge in [-0.25, -0.2) is 0 Å². The molecule has 1 nitrogen and oxygen atoms in total. The van der Waals surface area contributed by atoms with Gasteiger partial charge < -0.3 is 4.57 Å². The Kier molecular flexibility index (Phi) is 6.70. The summed E-state index contributed by atoms with van der Waals surface area (Å²) < 4.78 is 2.47. The van der Waals surface area contributed by atoms with Gasteiger partial charge in [0.15, 0.2) is 0 Å². The zero-order valence-corrected chi connectivity index (χ0v) is 29.8. The van der Waals surface area contributed by atoms with Crippen molar-refractivity contribution in [3.63, 3.8) is 0 Å². The minimum absolute atomic E-state index is 0.554. The lowest BCUT2D eigenvalue weighted by molar-refractivity contribution is 0.669. The van der Waals surface area contributed by atoms with Gasteiger partial charge in [0.1, 0.15) is 0 Å². The highest BCUT2D eigenvalue weighted by atomic mass is 32.2. The van der Waals surface area contributed by atoms with Crippen molar-refractivity contribution in [2.24, 2.45) is 0 Å². The number of hydrogen-bond acceptors (Lipinski definition) is 2. The van der Waals surface area contributed by atoms with Gasteiger partial charge in [0.25, 0.3) is 0 Å². The molecule has 2 aliphatic rings. The predicted molar refractivity (Wildman–Crippen MR) is 218 cm³/mol. The topological polar surface area (TPSA) is 4.93 Å². The first-order valence-corrected chi connectivity index (χ1v) is 19.4. The van der Waals surface area contributed by atoms with Crippen LogP contribution in [0.5, 0.6) is 0 Å². The summed E-state index contributed by atoms with van der Waals surface area (Å²) in [6, 6.07) is 69.8. The first-order chi connectivity index (χ1) is 25.8. The fourth-order valence-electron chi connectivity index (χ4n) is 8.84. The third kappa shape index (κ3) is 4.21. The van der Waals surface area contributed by atoms with Crippen LogP contribution in [0, 0.1) is 0 Å². The lowest BCUT2D eigenvalue weighted by atomic mass is 9.62. The van der Waals surface area contributed by atoms with E-state index in [1.54, 1.807) is 0 Å². The van der Waals surface area contributed by atoms with E-state index in [4.69, 9.17) is 0 Å². The van der Waals surface area contributed by atoms with Gasteiger partial charge >= 0.3 is 0 Å². The normalized spacial score (nSPS) is 15.6. The maximum absolute atomic E-state index is 2.49. The second kappa shape index (κ2) is 11.6. The summed E-state index contributed by atoms with van der Waals surface area (Å²) in [5.41, 5.74) is 13.4. The van der Waals surface area contributed by atoms with Crippen molar-refractivity contribution in [2.45, 2.75) is 25.0 Å². The average Bonchev–Trinajstić information content (AvgIpc) is 3.56. The summed E-state index contributed by atoms with van der Waals surface area (Å²) in [6.45, 7) is 0. The molecule has 52 heavy (non-hydrogen) atoms. The molecule has 0 saturated heterocycles. The molecule has 0 radical (unpaired) electrons. The SMILES string of the molecule is c1ccc(-c2ccc3c(c2)C2(c4ccccc4S3)c3ccccc3Sc3cccc(-c4cccc5c6ccccc6n(-c6ccccc6)c45)c32)cc1. The van der Waals surface area contributed by atoms with Crippen LogP contribution in [0.1, 0.15) is 22.3 Å². The molecule has 0 aliphatic carbocycles. The molecule has 1 aromatic heterocycles. The molecular weight excluding hydrogens is 667 g/mol. The van der Waals surface area contributed by atoms with Crippen molar-refractivity contribution in [3.05, 3.63) is 210 Å². The number of nitrogens with zero attached hydrogens (tertiary/aromatic N) is 1. The quantitative estimate of drug-likeness (QED) is 0.181. The van der Waals surface area contributed by atoms with Gasteiger partial charge in [0, 0.05) is 41.6 Å². The van der Waals surface area contributed by atoms with Crippen LogP contribution in [0.3, 0.4) is 0 Å². The van der Waals surface area contributed by atoms with Crippen LogP contribution in [0.15, 0.2) is 208 Å². The summed E-state index contributed by atoms with van der Waals surface area (Å²) in [7, 11) is 0. The molecule has 1 spiro atoms. The van der Waals surface area contributed by atoms with Crippen molar-refractivity contribution in [1.82, 2.24) is 4.57 Å². The molecule has 8 aromatic carbocycles. The highest BCUT2D eigenvalue weighted by Crippen LogP contribution is 2.63. The zero-order chi connectivity index (χ0) is 34.2. The summed E-state index contributed by atoms with van der Waals surface area (Å²) in [6.07, 6.45) is 0. The number of aromatic nitrogens is 1. The van der Waals surface area contributed by atoms with Crippen molar-refractivity contribution < 1.29 is 0 Å². The van der Waals surface area contributed by atoms with Crippen LogP contribution >= 0.6 is 23.5 Å². The van der Waals surface area contributed by atoms with Crippen molar-refractivity contribution >= 4 is 45.3 Å². The van der Waals surface area contributed by atoms with Gasteiger partial charge in [-0.1, -0.05) is 163 Å². The number of fused-ring (bicyclic) bond motifs is 11. The molecule has 0 N–H and O–H groups in total. The van der Waals surface area contributed by atoms with Crippen molar-refractivity contribution in [2.75, 3.05) is 0 Å². The third-order valence-corrected chi connectivity index (χ3v) is 13.2. The van der Waals surface area contributed by atoms with E-state index in [1.165, 1.54) is 85.9 Å². The first-order valence-electron chi connectivity index (χ1n) is 17.8. The Balaban J connectivity index is 1.31. The number of benzene rings is 8. The van der Waals surface area contributed by atoms with E-state index < -0.39 is 5.41 Å². The standard InChI is InChI=1S/C49H31NS2/c1-3-15-32(16-4-1)33-29-30-45-41(31-33)49(39-23-8-11-26-43(39)51-45)40-24-9-12-27-44(40)52-46-28-14-20-36(47(46)49)38-22-13-21-37-35-19-7-10-25-42(35)50(48(37)38)34-17-5-2-6-18-34/h1-31H. The van der Waals surface area contributed by atoms with Crippen LogP contribution < -0.4 is 0 Å². The maximum Gasteiger partial charge on any atom is 0.0751 e. The lowest BCUT2D eigenvalue weighted by Gasteiger charge is -2.46. The first kappa shape index (κ1) is 29.9. The second-order valence-corrected chi connectivity index (χ2v) is 15.8. The van der Waals surface area contributed by atoms with Gasteiger partial charge in [-0.15, -0.1) is 0 Å². The van der Waals surface area contributed by atoms with Crippen LogP contribution in [0.25, 0.3) is 49.7 Å². The molecule has 0 fully saturated rings. The predicted octanol–water partition coefficient (Wildman–Crippen LogP) is 13.4. The van der Waals surface area contributed by atoms with Crippen LogP contribution in [0.2, 0.25) is 0 Å². The van der Waals surface area contributed by atoms with Crippen LogP contribution in [0.4, 0.5) is 0 Å². The Morgan fingerprint density at radius 2 is 0.962 bits per heavy atom. The Morgan fingerprint density at radius 3 is 1.75 bits per heavy atom. The van der Waals surface area contributed by atoms with Gasteiger partial charge in [-0.3, -0.25) is 0 Å². The monoisotopic (exact) mass is 697 g/mol. The molecular formula is C49H31NS2. The Bertz CT molecular complexity index is 2810. The molecule has 3 heteroatoms. The molecule has 244 valence electrons. The molecule has 3 heterocycles. The number of para-hydroxylation sites is 3. The lowest BCUT2D eigenvalue weighted by Crippen LogP contribution is -2.37. The fraction of sp³-hybridized carbons (Fsp3) is 0.0204. The van der Waals surface area contributed by atoms with E-state index in [1.807, 2.05) is 23.5 Å². The molecule has 1 unspecified atom stereocenters. The number of rotatable bonds is 3. The van der Waals surface area contributed by atoms with E-state index in [0.29, 0.717) is 0 Å². The maximum atomic E-state index is 2.49. The second-order valence-electron chi connectivity index (χ2n) is 13.6. The Hall–Kier alpha value is -5.74. The van der Waals surface area contributed by atoms with Gasteiger partial charge in [0.2, 0.25) is 0 Å². The van der Waals surface area contributed by atoms with Gasteiger partial charge in [-0.05, 0) is 87.5 Å². The fourth-order valence-corrected chi connectivity index (χ4v) is 11.2. The van der Waals surface area contributed by atoms with Crippen molar-refractivity contribution in [1.29, 1.82) is 0 Å². The Morgan fingerprint density at radius 1 is 0.385 bits per heavy atom. The molecule has 0 bridgehead atoms. The molecule has 2 aliphatic heterocycles. The average molecular weight is 698 g/mol. The summed E-state index contributed by atoms with van der Waals surface area (Å²) in [5, 5.41) is 2.53. The van der Waals surface area contributed by atoms with Gasteiger partial charge in [-0.2, -0.15) is 0 Å². The van der Waals surface area contributed by atoms with Crippen molar-refractivity contribution in [3.8, 4) is 27.9 Å². The summed E-state index contributed by atoms with van der Waals surface area (Å²) >= 11 is 3.81. The summed E-state index contributed by atoms with van der Waals surface area (Å²) in [5.74, 6) is 0. The molecule has 11 rings (SSSR count). The summed E-state index contributed by atoms with van der Waals surface area (Å²) in [4.78, 5) is 5.22. The largest absolute Gasteiger partial charge is 0.309 e. The minimum atomic E-state index is -0.554. The van der Waals surface area contributed by atoms with E-state index in [9.17, 15) is 0 Å². The molecule has 9 aromatic rings. The van der Waals surface area contributed by atoms with E-state index in [0.717, 1.165) is 5.69 Å². The van der Waals surface area contributed by atoms with E-state index in [-0.39, 0.29) is 0 Å². The van der Waals surface area contributed by atoms with Crippen LogP contribution in [-0.2, 0) is 5.41 Å². The third-order valence-electron chi connectivity index (χ3n) is 10.9. The van der Waals surface area contributed by atoms with E-state index >= 15 is 0 Å². The smallest absolute Gasteiger partial charge is 0.0751 e. The molecule has 0 saturated carbocycles. The minimum Gasteiger partial charge on any atom is -0.309 e.